The molecule has 0 aliphatic rings. The van der Waals surface area contributed by atoms with E-state index < -0.39 is 11.4 Å². The highest BCUT2D eigenvalue weighted by atomic mass is 32.2. The quantitative estimate of drug-likeness (QED) is 0.745. The van der Waals surface area contributed by atoms with E-state index in [0.717, 1.165) is 11.2 Å². The molecule has 3 aromatic rings. The average molecular weight is 274 g/mol. The number of rotatable bonds is 3. The minimum absolute atomic E-state index is 0.0910. The van der Waals surface area contributed by atoms with Crippen molar-refractivity contribution in [2.45, 2.75) is 0 Å². The fourth-order valence-corrected chi connectivity index (χ4v) is 2.19. The maximum atomic E-state index is 10.9. The van der Waals surface area contributed by atoms with E-state index in [9.17, 15) is 4.21 Å². The van der Waals surface area contributed by atoms with Gasteiger partial charge in [-0.05, 0) is 24.3 Å². The minimum Gasteiger partial charge on any atom is -0.342 e. The first-order valence-electron chi connectivity index (χ1n) is 5.58. The van der Waals surface area contributed by atoms with Crippen LogP contribution in [-0.2, 0) is 11.4 Å². The van der Waals surface area contributed by atoms with Gasteiger partial charge in [0.1, 0.15) is 0 Å². The second-order valence-electron chi connectivity index (χ2n) is 3.85. The number of imidazole rings is 1. The summed E-state index contributed by atoms with van der Waals surface area (Å²) in [5.41, 5.74) is 2.33. The molecule has 3 rings (SSSR count). The first kappa shape index (κ1) is 11.9. The molecule has 0 amide bonds. The molecular formula is C13H10N2O3S. The van der Waals surface area contributed by atoms with Gasteiger partial charge >= 0.3 is 17.4 Å². The van der Waals surface area contributed by atoms with E-state index in [-0.39, 0.29) is 6.01 Å². The molecule has 0 spiro atoms. The number of hydrogen-bond donors (Lipinski definition) is 1. The Balaban J connectivity index is 2.27. The second-order valence-corrected chi connectivity index (χ2v) is 4.46. The Labute approximate surface area is 112 Å². The van der Waals surface area contributed by atoms with E-state index >= 15 is 0 Å². The number of aromatic nitrogens is 2. The summed E-state index contributed by atoms with van der Waals surface area (Å²) in [7, 11) is 0. The third-order valence-corrected chi connectivity index (χ3v) is 2.98. The van der Waals surface area contributed by atoms with Crippen molar-refractivity contribution in [1.29, 1.82) is 0 Å². The van der Waals surface area contributed by atoms with E-state index in [0.29, 0.717) is 5.52 Å². The molecule has 1 unspecified atom stereocenters. The van der Waals surface area contributed by atoms with Crippen LogP contribution in [0.3, 0.4) is 0 Å². The third kappa shape index (κ3) is 2.23. The van der Waals surface area contributed by atoms with E-state index in [4.69, 9.17) is 8.74 Å². The molecular weight excluding hydrogens is 264 g/mol. The summed E-state index contributed by atoms with van der Waals surface area (Å²) in [6.07, 6.45) is 0. The van der Waals surface area contributed by atoms with Gasteiger partial charge in [0.25, 0.3) is 0 Å². The summed E-state index contributed by atoms with van der Waals surface area (Å²) in [6, 6.07) is 16.9. The van der Waals surface area contributed by atoms with Crippen LogP contribution in [0.1, 0.15) is 0 Å². The Hall–Kier alpha value is -2.18. The highest BCUT2D eigenvalue weighted by Crippen LogP contribution is 2.26. The molecule has 0 aliphatic carbocycles. The van der Waals surface area contributed by atoms with Crippen molar-refractivity contribution >= 4 is 22.4 Å². The van der Waals surface area contributed by atoms with Gasteiger partial charge in [-0.3, -0.25) is 9.12 Å². The molecule has 1 heterocycles. The predicted octanol–water partition coefficient (Wildman–Crippen LogP) is 2.54. The summed E-state index contributed by atoms with van der Waals surface area (Å²) in [5, 5.41) is 0. The van der Waals surface area contributed by atoms with Crippen LogP contribution >= 0.6 is 0 Å². The number of hydrogen-bond acceptors (Lipinski definition) is 3. The van der Waals surface area contributed by atoms with Crippen LogP contribution in [0, 0.1) is 0 Å². The average Bonchev–Trinajstić information content (AvgIpc) is 2.76. The maximum Gasteiger partial charge on any atom is 0.360 e. The molecule has 5 nitrogen and oxygen atoms in total. The molecule has 0 fully saturated rings. The Morgan fingerprint density at radius 3 is 2.47 bits per heavy atom. The Morgan fingerprint density at radius 1 is 1.05 bits per heavy atom. The lowest BCUT2D eigenvalue weighted by atomic mass is 10.3. The van der Waals surface area contributed by atoms with E-state index in [1.165, 1.54) is 0 Å². The largest absolute Gasteiger partial charge is 0.360 e. The molecule has 0 saturated heterocycles. The number of fused-ring (bicyclic) bond motifs is 1. The third-order valence-electron chi connectivity index (χ3n) is 2.69. The molecule has 1 N–H and O–H groups in total. The topological polar surface area (TPSA) is 64.3 Å². The first-order valence-corrected chi connectivity index (χ1v) is 6.61. The van der Waals surface area contributed by atoms with Crippen molar-refractivity contribution in [3.05, 3.63) is 54.6 Å². The van der Waals surface area contributed by atoms with Crippen LogP contribution < -0.4 is 4.18 Å². The van der Waals surface area contributed by atoms with E-state index in [1.807, 2.05) is 54.6 Å². The molecule has 0 bridgehead atoms. The summed E-state index contributed by atoms with van der Waals surface area (Å²) in [4.78, 5) is 4.22. The van der Waals surface area contributed by atoms with Crippen molar-refractivity contribution in [3.63, 3.8) is 0 Å². The van der Waals surface area contributed by atoms with Crippen molar-refractivity contribution in [2.75, 3.05) is 0 Å². The van der Waals surface area contributed by atoms with Crippen LogP contribution in [0.5, 0.6) is 6.01 Å². The number of para-hydroxylation sites is 3. The van der Waals surface area contributed by atoms with Gasteiger partial charge in [0, 0.05) is 0 Å². The lowest BCUT2D eigenvalue weighted by molar-refractivity contribution is 0.437. The Bertz CT molecular complexity index is 740. The standard InChI is InChI=1S/C13H10N2O3S/c16-19(17)18-13-14-11-8-4-5-9-12(11)15(13)10-6-2-1-3-7-10/h1-9H,(H,16,17). The predicted molar refractivity (Wildman–Crippen MR) is 72.5 cm³/mol. The molecule has 0 aliphatic heterocycles. The molecule has 1 aromatic heterocycles. The van der Waals surface area contributed by atoms with Crippen LogP contribution in [0.15, 0.2) is 54.6 Å². The zero-order valence-corrected chi connectivity index (χ0v) is 10.6. The Kier molecular flexibility index (Phi) is 3.02. The molecule has 2 aromatic carbocycles. The fourth-order valence-electron chi connectivity index (χ4n) is 1.95. The SMILES string of the molecule is O=S(O)Oc1nc2ccccc2n1-c1ccccc1. The molecule has 19 heavy (non-hydrogen) atoms. The summed E-state index contributed by atoms with van der Waals surface area (Å²) in [6.45, 7) is 0. The minimum atomic E-state index is -2.41. The molecule has 6 heteroatoms. The highest BCUT2D eigenvalue weighted by molar-refractivity contribution is 7.74. The molecule has 0 radical (unpaired) electrons. The molecule has 96 valence electrons. The molecule has 1 atom stereocenters. The second kappa shape index (κ2) is 4.83. The fraction of sp³-hybridized carbons (Fsp3) is 0. The van der Waals surface area contributed by atoms with Gasteiger partial charge in [-0.1, -0.05) is 30.3 Å². The van der Waals surface area contributed by atoms with Crippen molar-refractivity contribution in [3.8, 4) is 11.7 Å². The van der Waals surface area contributed by atoms with Crippen LogP contribution in [0.4, 0.5) is 0 Å². The zero-order valence-electron chi connectivity index (χ0n) is 9.76. The lowest BCUT2D eigenvalue weighted by Gasteiger charge is -2.07. The van der Waals surface area contributed by atoms with E-state index in [1.54, 1.807) is 4.57 Å². The van der Waals surface area contributed by atoms with E-state index in [2.05, 4.69) is 4.98 Å². The molecule has 0 saturated carbocycles. The van der Waals surface area contributed by atoms with Crippen LogP contribution in [0.2, 0.25) is 0 Å². The van der Waals surface area contributed by atoms with Gasteiger partial charge in [-0.15, -0.1) is 0 Å². The van der Waals surface area contributed by atoms with Gasteiger partial charge < -0.3 is 4.18 Å². The normalized spacial score (nSPS) is 12.5. The lowest BCUT2D eigenvalue weighted by Crippen LogP contribution is -2.04. The van der Waals surface area contributed by atoms with Crippen molar-refractivity contribution in [1.82, 2.24) is 9.55 Å². The van der Waals surface area contributed by atoms with Crippen molar-refractivity contribution < 1.29 is 12.9 Å². The van der Waals surface area contributed by atoms with Crippen LogP contribution in [0.25, 0.3) is 16.7 Å². The maximum absolute atomic E-state index is 10.9. The number of nitrogens with zero attached hydrogens (tertiary/aromatic N) is 2. The van der Waals surface area contributed by atoms with Gasteiger partial charge in [-0.25, -0.2) is 0 Å². The van der Waals surface area contributed by atoms with Gasteiger partial charge in [0.05, 0.1) is 16.7 Å². The monoisotopic (exact) mass is 274 g/mol. The van der Waals surface area contributed by atoms with Crippen molar-refractivity contribution in [2.24, 2.45) is 0 Å². The smallest absolute Gasteiger partial charge is 0.342 e. The van der Waals surface area contributed by atoms with Gasteiger partial charge in [0.15, 0.2) is 0 Å². The summed E-state index contributed by atoms with van der Waals surface area (Å²) in [5.74, 6) is 0. The zero-order chi connectivity index (χ0) is 13.2. The summed E-state index contributed by atoms with van der Waals surface area (Å²) >= 11 is -2.41. The van der Waals surface area contributed by atoms with Gasteiger partial charge in [-0.2, -0.15) is 9.19 Å². The highest BCUT2D eigenvalue weighted by Gasteiger charge is 2.14. The van der Waals surface area contributed by atoms with Crippen LogP contribution in [-0.4, -0.2) is 18.3 Å². The first-order chi connectivity index (χ1) is 9.25. The van der Waals surface area contributed by atoms with Gasteiger partial charge in [0.2, 0.25) is 0 Å². The number of benzene rings is 2. The Morgan fingerprint density at radius 2 is 1.74 bits per heavy atom. The summed E-state index contributed by atoms with van der Waals surface area (Å²) < 4.78 is 26.3.